The molecule has 22 heavy (non-hydrogen) atoms. The van der Waals surface area contributed by atoms with E-state index in [0.717, 1.165) is 28.4 Å². The first-order chi connectivity index (χ1) is 10.6. The topological polar surface area (TPSA) is 78.0 Å². The average molecular weight is 299 g/mol. The Bertz CT molecular complexity index is 806. The van der Waals surface area contributed by atoms with Gasteiger partial charge in [-0.3, -0.25) is 4.68 Å². The molecule has 114 valence electrons. The van der Waals surface area contributed by atoms with Crippen molar-refractivity contribution in [2.45, 2.75) is 13.8 Å². The highest BCUT2D eigenvalue weighted by atomic mass is 16.5. The second kappa shape index (κ2) is 5.51. The molecule has 7 heteroatoms. The molecule has 0 bridgehead atoms. The molecule has 0 aliphatic heterocycles. The van der Waals surface area contributed by atoms with Crippen LogP contribution in [0.25, 0.3) is 11.4 Å². The quantitative estimate of drug-likeness (QED) is 0.798. The van der Waals surface area contributed by atoms with E-state index in [1.807, 2.05) is 45.2 Å². The number of nitrogens with zero attached hydrogens (tertiary/aromatic N) is 4. The standard InChI is InChI=1S/C15H17N5O2/c1-9-13(10(2)20(3)18-9)16-15-17-14(19-22-15)11-6-5-7-12(8-11)21-4/h5-8H,1-4H3,(H,16,17,19). The molecule has 1 N–H and O–H groups in total. The van der Waals surface area contributed by atoms with E-state index < -0.39 is 0 Å². The predicted octanol–water partition coefficient (Wildman–Crippen LogP) is 2.84. The molecule has 0 spiro atoms. The van der Waals surface area contributed by atoms with Gasteiger partial charge in [0, 0.05) is 12.6 Å². The van der Waals surface area contributed by atoms with E-state index in [1.165, 1.54) is 0 Å². The fourth-order valence-corrected chi connectivity index (χ4v) is 2.22. The van der Waals surface area contributed by atoms with Crippen LogP contribution in [0.4, 0.5) is 11.7 Å². The molecular weight excluding hydrogens is 282 g/mol. The fraction of sp³-hybridized carbons (Fsp3) is 0.267. The zero-order valence-electron chi connectivity index (χ0n) is 12.9. The number of nitrogens with one attached hydrogen (secondary N) is 1. The van der Waals surface area contributed by atoms with Crippen molar-refractivity contribution in [3.05, 3.63) is 35.7 Å². The summed E-state index contributed by atoms with van der Waals surface area (Å²) in [5.41, 5.74) is 3.58. The normalized spacial score (nSPS) is 10.7. The summed E-state index contributed by atoms with van der Waals surface area (Å²) in [6, 6.07) is 7.84. The van der Waals surface area contributed by atoms with E-state index in [9.17, 15) is 0 Å². The van der Waals surface area contributed by atoms with Gasteiger partial charge in [0.2, 0.25) is 5.82 Å². The van der Waals surface area contributed by atoms with E-state index in [2.05, 4.69) is 20.6 Å². The van der Waals surface area contributed by atoms with Crippen LogP contribution in [-0.4, -0.2) is 27.0 Å². The number of hydrogen-bond acceptors (Lipinski definition) is 6. The molecule has 0 amide bonds. The molecule has 0 fully saturated rings. The first kappa shape index (κ1) is 14.1. The van der Waals surface area contributed by atoms with Crippen LogP contribution in [0.3, 0.4) is 0 Å². The number of aryl methyl sites for hydroxylation is 2. The molecule has 0 unspecified atom stereocenters. The molecule has 7 nitrogen and oxygen atoms in total. The third-order valence-corrected chi connectivity index (χ3v) is 3.49. The molecule has 0 saturated heterocycles. The van der Waals surface area contributed by atoms with Gasteiger partial charge in [0.25, 0.3) is 0 Å². The Labute approximate surface area is 127 Å². The number of methoxy groups -OCH3 is 1. The summed E-state index contributed by atoms with van der Waals surface area (Å²) in [6.07, 6.45) is 0. The van der Waals surface area contributed by atoms with Crippen LogP contribution in [0.5, 0.6) is 5.75 Å². The molecule has 0 saturated carbocycles. The van der Waals surface area contributed by atoms with E-state index in [4.69, 9.17) is 9.26 Å². The average Bonchev–Trinajstić information content (AvgIpc) is 3.08. The minimum atomic E-state index is 0.331. The minimum absolute atomic E-state index is 0.331. The maximum atomic E-state index is 5.27. The van der Waals surface area contributed by atoms with E-state index >= 15 is 0 Å². The second-order valence-electron chi connectivity index (χ2n) is 4.95. The van der Waals surface area contributed by atoms with Crippen LogP contribution < -0.4 is 10.1 Å². The highest BCUT2D eigenvalue weighted by Gasteiger charge is 2.14. The Balaban J connectivity index is 1.87. The van der Waals surface area contributed by atoms with Crippen LogP contribution in [-0.2, 0) is 7.05 Å². The Morgan fingerprint density at radius 1 is 1.27 bits per heavy atom. The number of ether oxygens (including phenoxy) is 1. The highest BCUT2D eigenvalue weighted by molar-refractivity contribution is 5.62. The number of aromatic nitrogens is 4. The Morgan fingerprint density at radius 2 is 2.09 bits per heavy atom. The molecule has 0 radical (unpaired) electrons. The Kier molecular flexibility index (Phi) is 3.54. The third kappa shape index (κ3) is 2.52. The van der Waals surface area contributed by atoms with Gasteiger partial charge in [-0.15, -0.1) is 0 Å². The molecule has 0 aliphatic rings. The van der Waals surface area contributed by atoms with Crippen LogP contribution in [0, 0.1) is 13.8 Å². The van der Waals surface area contributed by atoms with Gasteiger partial charge >= 0.3 is 6.01 Å². The summed E-state index contributed by atoms with van der Waals surface area (Å²) in [5, 5.41) is 11.5. The van der Waals surface area contributed by atoms with Crippen LogP contribution in [0.1, 0.15) is 11.4 Å². The van der Waals surface area contributed by atoms with Gasteiger partial charge in [0.05, 0.1) is 24.2 Å². The van der Waals surface area contributed by atoms with Gasteiger partial charge in [0.1, 0.15) is 5.75 Å². The lowest BCUT2D eigenvalue weighted by molar-refractivity contribution is 0.414. The lowest BCUT2D eigenvalue weighted by Gasteiger charge is -2.01. The minimum Gasteiger partial charge on any atom is -0.497 e. The lowest BCUT2D eigenvalue weighted by Crippen LogP contribution is -1.95. The van der Waals surface area contributed by atoms with Gasteiger partial charge < -0.3 is 14.6 Å². The maximum Gasteiger partial charge on any atom is 0.326 e. The lowest BCUT2D eigenvalue weighted by atomic mass is 10.2. The zero-order chi connectivity index (χ0) is 15.7. The Hall–Kier alpha value is -2.83. The SMILES string of the molecule is COc1cccc(-c2noc(Nc3c(C)nn(C)c3C)n2)c1. The van der Waals surface area contributed by atoms with Crippen molar-refractivity contribution in [2.75, 3.05) is 12.4 Å². The number of hydrogen-bond donors (Lipinski definition) is 1. The van der Waals surface area contributed by atoms with Crippen molar-refractivity contribution in [3.8, 4) is 17.1 Å². The van der Waals surface area contributed by atoms with Crippen LogP contribution >= 0.6 is 0 Å². The van der Waals surface area contributed by atoms with Crippen molar-refractivity contribution < 1.29 is 9.26 Å². The number of benzene rings is 1. The summed E-state index contributed by atoms with van der Waals surface area (Å²) in [6.45, 7) is 3.90. The highest BCUT2D eigenvalue weighted by Crippen LogP contribution is 2.26. The van der Waals surface area contributed by atoms with E-state index in [-0.39, 0.29) is 0 Å². The Morgan fingerprint density at radius 3 is 2.77 bits per heavy atom. The van der Waals surface area contributed by atoms with Crippen molar-refractivity contribution in [1.82, 2.24) is 19.9 Å². The summed E-state index contributed by atoms with van der Waals surface area (Å²) in [4.78, 5) is 4.36. The van der Waals surface area contributed by atoms with E-state index in [0.29, 0.717) is 11.8 Å². The summed E-state index contributed by atoms with van der Waals surface area (Å²) >= 11 is 0. The van der Waals surface area contributed by atoms with E-state index in [1.54, 1.807) is 11.8 Å². The van der Waals surface area contributed by atoms with Crippen LogP contribution in [0.2, 0.25) is 0 Å². The second-order valence-corrected chi connectivity index (χ2v) is 4.95. The molecule has 2 aromatic heterocycles. The summed E-state index contributed by atoms with van der Waals surface area (Å²) in [5.74, 6) is 1.25. The van der Waals surface area contributed by atoms with Gasteiger partial charge in [0.15, 0.2) is 0 Å². The van der Waals surface area contributed by atoms with Gasteiger partial charge in [-0.25, -0.2) is 0 Å². The summed E-state index contributed by atoms with van der Waals surface area (Å²) in [7, 11) is 3.51. The first-order valence-corrected chi connectivity index (χ1v) is 6.84. The molecule has 3 aromatic rings. The predicted molar refractivity (Wildman–Crippen MR) is 82.3 cm³/mol. The van der Waals surface area contributed by atoms with Crippen molar-refractivity contribution in [1.29, 1.82) is 0 Å². The third-order valence-electron chi connectivity index (χ3n) is 3.49. The molecule has 0 atom stereocenters. The van der Waals surface area contributed by atoms with Crippen molar-refractivity contribution in [2.24, 2.45) is 7.05 Å². The molecule has 0 aliphatic carbocycles. The first-order valence-electron chi connectivity index (χ1n) is 6.84. The van der Waals surface area contributed by atoms with Crippen molar-refractivity contribution >= 4 is 11.7 Å². The monoisotopic (exact) mass is 299 g/mol. The smallest absolute Gasteiger partial charge is 0.326 e. The fourth-order valence-electron chi connectivity index (χ4n) is 2.22. The number of anilines is 2. The molecule has 2 heterocycles. The summed E-state index contributed by atoms with van der Waals surface area (Å²) < 4.78 is 12.3. The number of rotatable bonds is 4. The van der Waals surface area contributed by atoms with Gasteiger partial charge in [-0.2, -0.15) is 10.1 Å². The van der Waals surface area contributed by atoms with Crippen molar-refractivity contribution in [3.63, 3.8) is 0 Å². The molecule has 3 rings (SSSR count). The molecule has 1 aromatic carbocycles. The maximum absolute atomic E-state index is 5.27. The largest absolute Gasteiger partial charge is 0.497 e. The van der Waals surface area contributed by atoms with Gasteiger partial charge in [-0.05, 0) is 26.0 Å². The molecular formula is C15H17N5O2. The van der Waals surface area contributed by atoms with Crippen LogP contribution in [0.15, 0.2) is 28.8 Å². The zero-order valence-corrected chi connectivity index (χ0v) is 12.9. The van der Waals surface area contributed by atoms with Gasteiger partial charge in [-0.1, -0.05) is 17.3 Å².